The first-order valence-electron chi connectivity index (χ1n) is 4.38. The number of rotatable bonds is 3. The van der Waals surface area contributed by atoms with Crippen LogP contribution in [0.1, 0.15) is 34.1 Å². The second-order valence-corrected chi connectivity index (χ2v) is 2.96. The van der Waals surface area contributed by atoms with Gasteiger partial charge in [0.2, 0.25) is 0 Å². The molecule has 0 aliphatic rings. The topological polar surface area (TPSA) is 26.0 Å². The minimum absolute atomic E-state index is 0.888. The van der Waals surface area contributed by atoms with Gasteiger partial charge in [-0.05, 0) is 33.3 Å². The maximum Gasteiger partial charge on any atom is 0.0303 e. The monoisotopic (exact) mass is 165 g/mol. The fourth-order valence-corrected chi connectivity index (χ4v) is 0.664. The van der Waals surface area contributed by atoms with E-state index in [1.807, 2.05) is 19.1 Å². The van der Waals surface area contributed by atoms with Crippen molar-refractivity contribution >= 4 is 0 Å². The first-order valence-corrected chi connectivity index (χ1v) is 4.38. The molecule has 0 heterocycles. The number of hydrogen-bond donors (Lipinski definition) is 1. The highest BCUT2D eigenvalue weighted by molar-refractivity contribution is 5.27. The molecule has 0 aromatic carbocycles. The lowest BCUT2D eigenvalue weighted by Gasteiger charge is -1.98. The Balaban J connectivity index is 4.36. The zero-order valence-corrected chi connectivity index (χ0v) is 8.52. The van der Waals surface area contributed by atoms with E-state index >= 15 is 0 Å². The van der Waals surface area contributed by atoms with Crippen LogP contribution in [-0.4, -0.2) is 0 Å². The van der Waals surface area contributed by atoms with Gasteiger partial charge in [0, 0.05) is 5.70 Å². The van der Waals surface area contributed by atoms with Crippen LogP contribution < -0.4 is 5.73 Å². The van der Waals surface area contributed by atoms with Gasteiger partial charge in [-0.1, -0.05) is 30.2 Å². The van der Waals surface area contributed by atoms with Gasteiger partial charge in [-0.15, -0.1) is 0 Å². The van der Waals surface area contributed by atoms with Gasteiger partial charge in [0.05, 0.1) is 0 Å². The highest BCUT2D eigenvalue weighted by Crippen LogP contribution is 2.05. The van der Waals surface area contributed by atoms with E-state index < -0.39 is 0 Å². The third kappa shape index (κ3) is 4.02. The average molecular weight is 165 g/mol. The molecule has 1 nitrogen and oxygen atoms in total. The molecule has 68 valence electrons. The first kappa shape index (κ1) is 11.0. The molecular weight excluding hydrogens is 146 g/mol. The maximum atomic E-state index is 5.80. The molecule has 0 radical (unpaired) electrons. The van der Waals surface area contributed by atoms with Gasteiger partial charge >= 0.3 is 0 Å². The van der Waals surface area contributed by atoms with E-state index in [0.29, 0.717) is 0 Å². The Kier molecular flexibility index (Phi) is 5.18. The standard InChI is InChI=1S/C11H19N/c1-5-9(3)7-8-11(12)10(4)6-2/h5,7-8H,6,12H2,1-4H3/b8-7-,9-5-,11-10+. The second kappa shape index (κ2) is 5.64. The SMILES string of the molecule is C\C=C(C)/C=C\C(N)=C(\C)CC. The van der Waals surface area contributed by atoms with Crippen molar-refractivity contribution in [3.05, 3.63) is 35.1 Å². The van der Waals surface area contributed by atoms with Gasteiger partial charge in [-0.25, -0.2) is 0 Å². The van der Waals surface area contributed by atoms with Crippen molar-refractivity contribution in [2.24, 2.45) is 5.73 Å². The van der Waals surface area contributed by atoms with Crippen molar-refractivity contribution in [2.45, 2.75) is 34.1 Å². The Bertz CT molecular complexity index is 219. The molecule has 0 saturated carbocycles. The summed E-state index contributed by atoms with van der Waals surface area (Å²) in [5.41, 5.74) is 9.17. The van der Waals surface area contributed by atoms with Gasteiger partial charge < -0.3 is 5.73 Å². The largest absolute Gasteiger partial charge is 0.399 e. The first-order chi connectivity index (χ1) is 5.61. The van der Waals surface area contributed by atoms with Gasteiger partial charge in [0.25, 0.3) is 0 Å². The summed E-state index contributed by atoms with van der Waals surface area (Å²) in [4.78, 5) is 0. The molecule has 0 rings (SSSR count). The van der Waals surface area contributed by atoms with Crippen LogP contribution in [0.2, 0.25) is 0 Å². The molecule has 0 amide bonds. The lowest BCUT2D eigenvalue weighted by molar-refractivity contribution is 1.06. The fourth-order valence-electron chi connectivity index (χ4n) is 0.664. The summed E-state index contributed by atoms with van der Waals surface area (Å²) in [6.45, 7) is 8.25. The minimum atomic E-state index is 0.888. The Morgan fingerprint density at radius 1 is 1.25 bits per heavy atom. The van der Waals surface area contributed by atoms with Crippen LogP contribution in [0.5, 0.6) is 0 Å². The Labute approximate surface area is 75.7 Å². The van der Waals surface area contributed by atoms with E-state index in [4.69, 9.17) is 5.73 Å². The van der Waals surface area contributed by atoms with Gasteiger partial charge in [-0.2, -0.15) is 0 Å². The normalized spacial score (nSPS) is 15.2. The van der Waals surface area contributed by atoms with Crippen LogP contribution in [0.3, 0.4) is 0 Å². The van der Waals surface area contributed by atoms with Crippen LogP contribution in [0.4, 0.5) is 0 Å². The van der Waals surface area contributed by atoms with Crippen molar-refractivity contribution in [3.63, 3.8) is 0 Å². The Morgan fingerprint density at radius 3 is 2.25 bits per heavy atom. The molecule has 0 atom stereocenters. The van der Waals surface area contributed by atoms with E-state index in [1.165, 1.54) is 11.1 Å². The van der Waals surface area contributed by atoms with Crippen molar-refractivity contribution in [2.75, 3.05) is 0 Å². The molecule has 0 fully saturated rings. The maximum absolute atomic E-state index is 5.80. The highest BCUT2D eigenvalue weighted by atomic mass is 14.6. The van der Waals surface area contributed by atoms with Crippen molar-refractivity contribution in [1.29, 1.82) is 0 Å². The van der Waals surface area contributed by atoms with E-state index in [2.05, 4.69) is 26.8 Å². The van der Waals surface area contributed by atoms with Gasteiger partial charge in [0.1, 0.15) is 0 Å². The zero-order chi connectivity index (χ0) is 9.56. The van der Waals surface area contributed by atoms with Crippen molar-refractivity contribution in [3.8, 4) is 0 Å². The molecule has 0 aromatic heterocycles. The third-order valence-corrected chi connectivity index (χ3v) is 2.00. The smallest absolute Gasteiger partial charge is 0.0303 e. The van der Waals surface area contributed by atoms with Crippen LogP contribution in [-0.2, 0) is 0 Å². The highest BCUT2D eigenvalue weighted by Gasteiger charge is 1.89. The lowest BCUT2D eigenvalue weighted by atomic mass is 10.1. The molecule has 1 heteroatoms. The quantitative estimate of drug-likeness (QED) is 0.639. The molecule has 0 spiro atoms. The number of allylic oxidation sites excluding steroid dienone is 5. The molecule has 0 aliphatic carbocycles. The molecule has 0 unspecified atom stereocenters. The van der Waals surface area contributed by atoms with Crippen LogP contribution in [0, 0.1) is 0 Å². The molecule has 12 heavy (non-hydrogen) atoms. The predicted octanol–water partition coefficient (Wildman–Crippen LogP) is 3.15. The minimum Gasteiger partial charge on any atom is -0.399 e. The average Bonchev–Trinajstić information content (AvgIpc) is 2.11. The van der Waals surface area contributed by atoms with Crippen molar-refractivity contribution < 1.29 is 0 Å². The fraction of sp³-hybridized carbons (Fsp3) is 0.455. The van der Waals surface area contributed by atoms with E-state index in [1.54, 1.807) is 0 Å². The summed E-state index contributed by atoms with van der Waals surface area (Å²) >= 11 is 0. The summed E-state index contributed by atoms with van der Waals surface area (Å²) in [6, 6.07) is 0. The molecular formula is C11H19N. The zero-order valence-electron chi connectivity index (χ0n) is 8.52. The number of nitrogens with two attached hydrogens (primary N) is 1. The van der Waals surface area contributed by atoms with E-state index in [0.717, 1.165) is 12.1 Å². The van der Waals surface area contributed by atoms with E-state index in [9.17, 15) is 0 Å². The summed E-state index contributed by atoms with van der Waals surface area (Å²) in [5.74, 6) is 0. The summed E-state index contributed by atoms with van der Waals surface area (Å²) in [5, 5.41) is 0. The van der Waals surface area contributed by atoms with Gasteiger partial charge in [0.15, 0.2) is 0 Å². The molecule has 0 bridgehead atoms. The summed E-state index contributed by atoms with van der Waals surface area (Å²) < 4.78 is 0. The Morgan fingerprint density at radius 2 is 1.83 bits per heavy atom. The second-order valence-electron chi connectivity index (χ2n) is 2.96. The summed E-state index contributed by atoms with van der Waals surface area (Å²) in [7, 11) is 0. The Hall–Kier alpha value is -0.980. The van der Waals surface area contributed by atoms with Crippen LogP contribution in [0.15, 0.2) is 35.1 Å². The molecule has 2 N–H and O–H groups in total. The summed E-state index contributed by atoms with van der Waals surface area (Å²) in [6.07, 6.45) is 7.08. The number of hydrogen-bond acceptors (Lipinski definition) is 1. The van der Waals surface area contributed by atoms with E-state index in [-0.39, 0.29) is 0 Å². The molecule has 0 aliphatic heterocycles. The lowest BCUT2D eigenvalue weighted by Crippen LogP contribution is -1.96. The van der Waals surface area contributed by atoms with Crippen LogP contribution >= 0.6 is 0 Å². The molecule has 0 aromatic rings. The van der Waals surface area contributed by atoms with Gasteiger partial charge in [-0.3, -0.25) is 0 Å². The van der Waals surface area contributed by atoms with Crippen LogP contribution in [0.25, 0.3) is 0 Å². The molecule has 0 saturated heterocycles. The predicted molar refractivity (Wildman–Crippen MR) is 55.7 cm³/mol. The third-order valence-electron chi connectivity index (χ3n) is 2.00. The van der Waals surface area contributed by atoms with Crippen molar-refractivity contribution in [1.82, 2.24) is 0 Å².